The molecule has 5 N–H and O–H groups in total. The van der Waals surface area contributed by atoms with E-state index in [2.05, 4.69) is 4.98 Å². The summed E-state index contributed by atoms with van der Waals surface area (Å²) in [6.07, 6.45) is 4.81. The van der Waals surface area contributed by atoms with Gasteiger partial charge in [-0.25, -0.2) is 14.8 Å². The van der Waals surface area contributed by atoms with Crippen LogP contribution in [0.4, 0.5) is 0 Å². The summed E-state index contributed by atoms with van der Waals surface area (Å²) in [5.41, 5.74) is -0.157. The van der Waals surface area contributed by atoms with Gasteiger partial charge in [0.15, 0.2) is 0 Å². The van der Waals surface area contributed by atoms with Crippen LogP contribution < -0.4 is 0 Å². The van der Waals surface area contributed by atoms with Gasteiger partial charge in [-0.3, -0.25) is 13.7 Å². The number of aromatic carboxylic acids is 1. The Kier molecular flexibility index (Phi) is 11.1. The first-order valence-corrected chi connectivity index (χ1v) is 23.0. The number of carboxylic acids is 1. The van der Waals surface area contributed by atoms with Gasteiger partial charge < -0.3 is 14.7 Å². The number of aromatic amines is 1. The molecular weight excluding hydrogens is 904 g/mol. The molecule has 0 unspecified atom stereocenters. The van der Waals surface area contributed by atoms with Crippen LogP contribution in [0.2, 0.25) is 0 Å². The third-order valence-electron chi connectivity index (χ3n) is 10.3. The number of benzene rings is 4. The monoisotopic (exact) mass is 934 g/mol. The second-order valence-corrected chi connectivity index (χ2v) is 18.5. The van der Waals surface area contributed by atoms with Crippen molar-refractivity contribution in [2.75, 3.05) is 0 Å². The number of aromatic nitrogens is 4. The Hall–Kier alpha value is -7.03. The molecule has 0 spiro atoms. The van der Waals surface area contributed by atoms with Gasteiger partial charge in [0.25, 0.3) is 30.4 Å². The van der Waals surface area contributed by atoms with Crippen molar-refractivity contribution in [3.05, 3.63) is 167 Å². The quantitative estimate of drug-likeness (QED) is 0.0896. The van der Waals surface area contributed by atoms with E-state index in [0.29, 0.717) is 22.3 Å². The van der Waals surface area contributed by atoms with E-state index in [1.54, 1.807) is 66.7 Å². The normalized spacial score (nSPS) is 12.7. The molecule has 4 aromatic carbocycles. The molecule has 15 nitrogen and oxygen atoms in total. The van der Waals surface area contributed by atoms with Crippen molar-refractivity contribution in [2.24, 2.45) is 0 Å². The van der Waals surface area contributed by atoms with Crippen molar-refractivity contribution in [1.82, 2.24) is 19.5 Å². The van der Waals surface area contributed by atoms with E-state index in [4.69, 9.17) is 9.97 Å². The largest absolute Gasteiger partial charge is 0.478 e. The summed E-state index contributed by atoms with van der Waals surface area (Å²) < 4.78 is 113. The molecule has 3 aromatic heterocycles. The topological polar surface area (TPSA) is 247 Å². The van der Waals surface area contributed by atoms with Gasteiger partial charge in [-0.1, -0.05) is 78.9 Å². The summed E-state index contributed by atoms with van der Waals surface area (Å²) in [6, 6.07) is 32.1. The van der Waals surface area contributed by atoms with Gasteiger partial charge in [0, 0.05) is 38.9 Å². The summed E-state index contributed by atoms with van der Waals surface area (Å²) in [7, 11) is -15.3. The molecule has 5 heterocycles. The minimum Gasteiger partial charge on any atom is -0.478 e. The zero-order valence-corrected chi connectivity index (χ0v) is 35.8. The van der Waals surface area contributed by atoms with E-state index < -0.39 is 62.1 Å². The predicted molar refractivity (Wildman–Crippen MR) is 243 cm³/mol. The van der Waals surface area contributed by atoms with Crippen molar-refractivity contribution in [3.8, 4) is 27.9 Å². The molecule has 9 rings (SSSR count). The lowest BCUT2D eigenvalue weighted by Gasteiger charge is -2.17. The standard InChI is InChI=1S/C45H30N4O11S3.ClH/c50-45(51)42-40(26-10-2-1-3-11-26)36-25-30-21-20-28(47-30)22-27-18-19-29(46-27)23-31-24-34(32-12-4-7-15-37(32)61(52,53)54)43(48-31)41(33-13-5-8-16-38(33)62(55,56)57)44(42)49(36)35-14-6-9-17-39(35)63(58,59)60;/h1-25,46H,(H,50,51)(H,52,53,54)(H,55,56,57)(H,58,59,60);1H. The Morgan fingerprint density at radius 2 is 1.08 bits per heavy atom. The summed E-state index contributed by atoms with van der Waals surface area (Å²) in [6.45, 7) is 0. The molecule has 322 valence electrons. The maximum Gasteiger partial charge on any atom is 0.338 e. The first kappa shape index (κ1) is 43.6. The number of rotatable bonds is 8. The van der Waals surface area contributed by atoms with E-state index in [-0.39, 0.29) is 68.5 Å². The number of halogens is 1. The van der Waals surface area contributed by atoms with Crippen molar-refractivity contribution in [3.63, 3.8) is 0 Å². The molecule has 7 aromatic rings. The van der Waals surface area contributed by atoms with Gasteiger partial charge >= 0.3 is 5.97 Å². The van der Waals surface area contributed by atoms with E-state index >= 15 is 0 Å². The SMILES string of the molecule is Cl.O=C(O)c1c(-c2ccccc2)c2cc3nc(cc4ccc(cc5nc(c(-c6ccccc6S(=O)(=O)O)c1n2-c1ccccc1S(=O)(=O)O)C(c1ccccc1S(=O)(=O)O)=C5)[nH]4)C=C3. The summed E-state index contributed by atoms with van der Waals surface area (Å²) in [5, 5.41) is 11.6. The second-order valence-electron chi connectivity index (χ2n) is 14.3. The van der Waals surface area contributed by atoms with Crippen molar-refractivity contribution >= 4 is 94.6 Å². The summed E-state index contributed by atoms with van der Waals surface area (Å²) in [5.74, 6) is -1.59. The molecule has 2 aliphatic heterocycles. The van der Waals surface area contributed by atoms with Crippen LogP contribution in [0.3, 0.4) is 0 Å². The first-order valence-electron chi connectivity index (χ1n) is 18.7. The number of H-pyrrole nitrogens is 1. The van der Waals surface area contributed by atoms with Gasteiger partial charge in [0.2, 0.25) is 0 Å². The number of para-hydroxylation sites is 1. The van der Waals surface area contributed by atoms with Gasteiger partial charge in [-0.05, 0) is 78.4 Å². The molecule has 0 radical (unpaired) electrons. The number of carbonyl (C=O) groups is 1. The molecule has 0 saturated heterocycles. The Morgan fingerprint density at radius 1 is 0.562 bits per heavy atom. The lowest BCUT2D eigenvalue weighted by atomic mass is 9.93. The van der Waals surface area contributed by atoms with Crippen LogP contribution in [-0.2, 0) is 30.4 Å². The average molecular weight is 935 g/mol. The Balaban J connectivity index is 0.00000560. The maximum absolute atomic E-state index is 14.2. The fourth-order valence-electron chi connectivity index (χ4n) is 7.88. The fraction of sp³-hybridized carbons (Fsp3) is 0. The molecule has 0 saturated carbocycles. The van der Waals surface area contributed by atoms with Crippen LogP contribution in [0.5, 0.6) is 0 Å². The minimum absolute atomic E-state index is 0. The number of nitrogens with one attached hydrogen (secondary N) is 1. The summed E-state index contributed by atoms with van der Waals surface area (Å²) >= 11 is 0. The molecule has 64 heavy (non-hydrogen) atoms. The third kappa shape index (κ3) is 7.94. The Labute approximate surface area is 371 Å². The number of nitrogens with zero attached hydrogens (tertiary/aromatic N) is 3. The maximum atomic E-state index is 14.2. The van der Waals surface area contributed by atoms with E-state index in [0.717, 1.165) is 18.2 Å². The summed E-state index contributed by atoms with van der Waals surface area (Å²) in [4.78, 5) is 25.2. The van der Waals surface area contributed by atoms with E-state index in [1.807, 2.05) is 0 Å². The number of hydrogen-bond acceptors (Lipinski definition) is 9. The van der Waals surface area contributed by atoms with Gasteiger partial charge in [-0.15, -0.1) is 12.4 Å². The average Bonchev–Trinajstić information content (AvgIpc) is 4.04. The van der Waals surface area contributed by atoms with Crippen molar-refractivity contribution in [2.45, 2.75) is 14.7 Å². The molecule has 0 aliphatic carbocycles. The fourth-order valence-corrected chi connectivity index (χ4v) is 9.96. The lowest BCUT2D eigenvalue weighted by Crippen LogP contribution is -2.09. The molecule has 0 fully saturated rings. The van der Waals surface area contributed by atoms with E-state index in [1.165, 1.54) is 71.3 Å². The van der Waals surface area contributed by atoms with Gasteiger partial charge in [0.1, 0.15) is 14.7 Å². The van der Waals surface area contributed by atoms with Gasteiger partial charge in [-0.2, -0.15) is 25.3 Å². The number of carboxylic acid groups (broad SMARTS) is 1. The third-order valence-corrected chi connectivity index (χ3v) is 13.0. The van der Waals surface area contributed by atoms with Gasteiger partial charge in [0.05, 0.1) is 45.1 Å². The predicted octanol–water partition coefficient (Wildman–Crippen LogP) is 8.73. The highest BCUT2D eigenvalue weighted by Crippen LogP contribution is 2.47. The van der Waals surface area contributed by atoms with E-state index in [9.17, 15) is 48.8 Å². The number of hydrogen-bond donors (Lipinski definition) is 5. The molecule has 19 heteroatoms. The first-order chi connectivity index (χ1) is 30.0. The molecular formula is C45H31ClN4O11S3. The smallest absolute Gasteiger partial charge is 0.338 e. The Bertz CT molecular complexity index is 3700. The highest BCUT2D eigenvalue weighted by molar-refractivity contribution is 7.86. The highest BCUT2D eigenvalue weighted by atomic mass is 35.5. The molecule has 2 aliphatic rings. The van der Waals surface area contributed by atoms with Crippen LogP contribution in [0.1, 0.15) is 38.7 Å². The van der Waals surface area contributed by atoms with Crippen LogP contribution in [0, 0.1) is 0 Å². The number of fused-ring (bicyclic) bond motifs is 8. The van der Waals surface area contributed by atoms with Crippen LogP contribution in [-0.4, -0.2) is 69.5 Å². The Morgan fingerprint density at radius 3 is 1.69 bits per heavy atom. The van der Waals surface area contributed by atoms with Crippen LogP contribution in [0.25, 0.3) is 73.8 Å². The van der Waals surface area contributed by atoms with Crippen molar-refractivity contribution in [1.29, 1.82) is 0 Å². The van der Waals surface area contributed by atoms with Crippen LogP contribution >= 0.6 is 12.4 Å². The second kappa shape index (κ2) is 16.3. The minimum atomic E-state index is -5.19. The molecule has 0 atom stereocenters. The molecule has 0 amide bonds. The zero-order valence-electron chi connectivity index (χ0n) is 32.6. The highest BCUT2D eigenvalue weighted by Gasteiger charge is 2.34. The van der Waals surface area contributed by atoms with Crippen molar-refractivity contribution < 1.29 is 48.8 Å². The van der Waals surface area contributed by atoms with Crippen LogP contribution in [0.15, 0.2) is 148 Å². The lowest BCUT2D eigenvalue weighted by molar-refractivity contribution is 0.0699. The zero-order chi connectivity index (χ0) is 44.4. The molecule has 8 bridgehead atoms.